The summed E-state index contributed by atoms with van der Waals surface area (Å²) in [6, 6.07) is 0.232. The fourth-order valence-electron chi connectivity index (χ4n) is 2.62. The Labute approximate surface area is 95.0 Å². The van der Waals surface area contributed by atoms with E-state index in [1.165, 1.54) is 6.92 Å². The predicted octanol–water partition coefficient (Wildman–Crippen LogP) is 1.31. The normalized spacial score (nSPS) is 33.9. The highest BCUT2D eigenvalue weighted by molar-refractivity contribution is 5.90. The van der Waals surface area contributed by atoms with Gasteiger partial charge in [-0.3, -0.25) is 4.79 Å². The van der Waals surface area contributed by atoms with Gasteiger partial charge in [-0.05, 0) is 25.7 Å². The Bertz CT molecular complexity index is 322. The van der Waals surface area contributed by atoms with E-state index in [1.807, 2.05) is 0 Å². The van der Waals surface area contributed by atoms with Gasteiger partial charge in [0.05, 0.1) is 0 Å². The van der Waals surface area contributed by atoms with E-state index in [0.717, 1.165) is 25.7 Å². The van der Waals surface area contributed by atoms with Crippen LogP contribution in [0.15, 0.2) is 12.2 Å². The number of ether oxygens (including phenoxy) is 1. The zero-order chi connectivity index (χ0) is 11.8. The molecule has 1 spiro atoms. The van der Waals surface area contributed by atoms with Gasteiger partial charge in [-0.2, -0.15) is 0 Å². The van der Waals surface area contributed by atoms with Crippen LogP contribution < -0.4 is 5.32 Å². The van der Waals surface area contributed by atoms with Gasteiger partial charge in [0.15, 0.2) is 0 Å². The lowest BCUT2D eigenvalue weighted by Gasteiger charge is -2.35. The molecule has 0 aromatic heterocycles. The van der Waals surface area contributed by atoms with Crippen molar-refractivity contribution in [3.8, 4) is 0 Å². The molecule has 0 unspecified atom stereocenters. The largest absolute Gasteiger partial charge is 0.455 e. The Hall–Kier alpha value is -1.32. The van der Waals surface area contributed by atoms with Gasteiger partial charge in [-0.25, -0.2) is 4.79 Å². The van der Waals surface area contributed by atoms with E-state index in [4.69, 9.17) is 4.74 Å². The van der Waals surface area contributed by atoms with Crippen LogP contribution in [0.4, 0.5) is 0 Å². The molecule has 0 aromatic carbocycles. The first-order chi connectivity index (χ1) is 7.51. The Morgan fingerprint density at radius 1 is 1.50 bits per heavy atom. The highest BCUT2D eigenvalue weighted by Gasteiger charge is 2.45. The summed E-state index contributed by atoms with van der Waals surface area (Å²) in [4.78, 5) is 22.2. The average Bonchev–Trinajstić information content (AvgIpc) is 2.46. The Balaban J connectivity index is 1.92. The summed E-state index contributed by atoms with van der Waals surface area (Å²) in [5, 5.41) is 2.91. The van der Waals surface area contributed by atoms with Crippen molar-refractivity contribution in [2.45, 2.75) is 50.7 Å². The van der Waals surface area contributed by atoms with Crippen LogP contribution in [0.3, 0.4) is 0 Å². The summed E-state index contributed by atoms with van der Waals surface area (Å²) < 4.78 is 5.40. The fourth-order valence-corrected chi connectivity index (χ4v) is 2.62. The minimum Gasteiger partial charge on any atom is -0.455 e. The molecule has 4 nitrogen and oxygen atoms in total. The molecule has 1 aliphatic heterocycles. The van der Waals surface area contributed by atoms with Crippen molar-refractivity contribution < 1.29 is 14.3 Å². The summed E-state index contributed by atoms with van der Waals surface area (Å²) in [6.45, 7) is 5.24. The van der Waals surface area contributed by atoms with E-state index >= 15 is 0 Å². The molecule has 1 aliphatic carbocycles. The predicted molar refractivity (Wildman–Crippen MR) is 58.7 cm³/mol. The quantitative estimate of drug-likeness (QED) is 0.538. The van der Waals surface area contributed by atoms with E-state index in [0.29, 0.717) is 12.0 Å². The van der Waals surface area contributed by atoms with Gasteiger partial charge >= 0.3 is 5.97 Å². The number of carbonyl (C=O) groups is 2. The first-order valence-corrected chi connectivity index (χ1v) is 5.69. The Kier molecular flexibility index (Phi) is 2.74. The first kappa shape index (κ1) is 11.2. The molecule has 0 aromatic rings. The van der Waals surface area contributed by atoms with Crippen LogP contribution >= 0.6 is 0 Å². The summed E-state index contributed by atoms with van der Waals surface area (Å²) in [5.74, 6) is -0.244. The molecule has 1 N–H and O–H groups in total. The van der Waals surface area contributed by atoms with Crippen molar-refractivity contribution >= 4 is 11.9 Å². The standard InChI is InChI=1S/C12H17NO3/c1-8-7-12(16-11(8)15)5-3-10(4-6-12)13-9(2)14/h10H,1,3-7H2,2H3,(H,13,14). The molecular formula is C12H17NO3. The monoisotopic (exact) mass is 223 g/mol. The second-order valence-corrected chi connectivity index (χ2v) is 4.83. The first-order valence-electron chi connectivity index (χ1n) is 5.69. The molecule has 1 amide bonds. The molecule has 2 fully saturated rings. The highest BCUT2D eigenvalue weighted by atomic mass is 16.6. The number of carbonyl (C=O) groups excluding carboxylic acids is 2. The maximum atomic E-state index is 11.3. The Morgan fingerprint density at radius 3 is 2.56 bits per heavy atom. The minimum atomic E-state index is -0.316. The third kappa shape index (κ3) is 2.10. The third-order valence-electron chi connectivity index (χ3n) is 3.44. The second kappa shape index (κ2) is 3.92. The van der Waals surface area contributed by atoms with Gasteiger partial charge in [0.25, 0.3) is 0 Å². The zero-order valence-electron chi connectivity index (χ0n) is 9.54. The number of amides is 1. The van der Waals surface area contributed by atoms with Crippen molar-refractivity contribution in [3.05, 3.63) is 12.2 Å². The lowest BCUT2D eigenvalue weighted by molar-refractivity contribution is -0.149. The maximum absolute atomic E-state index is 11.3. The molecular weight excluding hydrogens is 206 g/mol. The number of rotatable bonds is 1. The molecule has 2 aliphatic rings. The van der Waals surface area contributed by atoms with Crippen LogP contribution in [0.5, 0.6) is 0 Å². The third-order valence-corrected chi connectivity index (χ3v) is 3.44. The van der Waals surface area contributed by atoms with Gasteiger partial charge in [-0.1, -0.05) is 6.58 Å². The van der Waals surface area contributed by atoms with Gasteiger partial charge < -0.3 is 10.1 Å². The Morgan fingerprint density at radius 2 is 2.12 bits per heavy atom. The number of esters is 1. The van der Waals surface area contributed by atoms with Gasteiger partial charge in [0.2, 0.25) is 5.91 Å². The van der Waals surface area contributed by atoms with Crippen molar-refractivity contribution in [2.24, 2.45) is 0 Å². The van der Waals surface area contributed by atoms with E-state index < -0.39 is 0 Å². The summed E-state index contributed by atoms with van der Waals surface area (Å²) in [6.07, 6.45) is 4.05. The van der Waals surface area contributed by atoms with Crippen molar-refractivity contribution in [3.63, 3.8) is 0 Å². The van der Waals surface area contributed by atoms with Crippen molar-refractivity contribution in [2.75, 3.05) is 0 Å². The number of nitrogens with one attached hydrogen (secondary N) is 1. The van der Waals surface area contributed by atoms with Crippen molar-refractivity contribution in [1.82, 2.24) is 5.32 Å². The summed E-state index contributed by atoms with van der Waals surface area (Å²) in [5.41, 5.74) is 0.265. The summed E-state index contributed by atoms with van der Waals surface area (Å²) in [7, 11) is 0. The zero-order valence-corrected chi connectivity index (χ0v) is 9.54. The molecule has 0 atom stereocenters. The molecule has 0 bridgehead atoms. The van der Waals surface area contributed by atoms with Crippen LogP contribution in [-0.4, -0.2) is 23.5 Å². The lowest BCUT2D eigenvalue weighted by atomic mass is 9.80. The minimum absolute atomic E-state index is 0.00813. The molecule has 2 rings (SSSR count). The SMILES string of the molecule is C=C1CC2(CCC(NC(C)=O)CC2)OC1=O. The molecule has 1 heterocycles. The fraction of sp³-hybridized carbons (Fsp3) is 0.667. The second-order valence-electron chi connectivity index (χ2n) is 4.83. The number of hydrogen-bond acceptors (Lipinski definition) is 3. The maximum Gasteiger partial charge on any atom is 0.334 e. The van der Waals surface area contributed by atoms with E-state index in [9.17, 15) is 9.59 Å². The molecule has 0 radical (unpaired) electrons. The average molecular weight is 223 g/mol. The van der Waals surface area contributed by atoms with E-state index in [2.05, 4.69) is 11.9 Å². The van der Waals surface area contributed by atoms with Crippen LogP contribution in [0.2, 0.25) is 0 Å². The summed E-state index contributed by atoms with van der Waals surface area (Å²) >= 11 is 0. The van der Waals surface area contributed by atoms with Gasteiger partial charge in [0, 0.05) is 25.0 Å². The lowest BCUT2D eigenvalue weighted by Crippen LogP contribution is -2.42. The van der Waals surface area contributed by atoms with E-state index in [-0.39, 0.29) is 23.5 Å². The van der Waals surface area contributed by atoms with Crippen LogP contribution in [-0.2, 0) is 14.3 Å². The van der Waals surface area contributed by atoms with Gasteiger partial charge in [-0.15, -0.1) is 0 Å². The van der Waals surface area contributed by atoms with Crippen molar-refractivity contribution in [1.29, 1.82) is 0 Å². The topological polar surface area (TPSA) is 55.4 Å². The van der Waals surface area contributed by atoms with Crippen LogP contribution in [0.1, 0.15) is 39.0 Å². The van der Waals surface area contributed by atoms with E-state index in [1.54, 1.807) is 0 Å². The van der Waals surface area contributed by atoms with Crippen LogP contribution in [0.25, 0.3) is 0 Å². The van der Waals surface area contributed by atoms with Crippen LogP contribution in [0, 0.1) is 0 Å². The molecule has 16 heavy (non-hydrogen) atoms. The smallest absolute Gasteiger partial charge is 0.334 e. The van der Waals surface area contributed by atoms with Gasteiger partial charge in [0.1, 0.15) is 5.60 Å². The molecule has 4 heteroatoms. The molecule has 1 saturated carbocycles. The highest BCUT2D eigenvalue weighted by Crippen LogP contribution is 2.41. The molecule has 1 saturated heterocycles. The number of hydrogen-bond donors (Lipinski definition) is 1. The molecule has 88 valence electrons.